The summed E-state index contributed by atoms with van der Waals surface area (Å²) in [4.78, 5) is 13.1. The maximum absolute atomic E-state index is 11.4. The molecule has 0 fully saturated rings. The summed E-state index contributed by atoms with van der Waals surface area (Å²) < 4.78 is 0. The zero-order valence-electron chi connectivity index (χ0n) is 13.6. The van der Waals surface area contributed by atoms with Crippen molar-refractivity contribution < 1.29 is 4.92 Å². The molecule has 6 heteroatoms. The SMILES string of the molecule is CCCNc1cccc(NCC(C)(C)N(C)C)c1[N+](=O)[O-]. The van der Waals surface area contributed by atoms with E-state index in [0.717, 1.165) is 6.42 Å². The Hall–Kier alpha value is -1.82. The minimum absolute atomic E-state index is 0.0965. The second kappa shape index (κ2) is 7.26. The molecule has 0 aromatic heterocycles. The molecule has 0 aliphatic rings. The molecule has 0 saturated carbocycles. The van der Waals surface area contributed by atoms with E-state index in [-0.39, 0.29) is 16.1 Å². The van der Waals surface area contributed by atoms with Crippen LogP contribution >= 0.6 is 0 Å². The number of nitrogens with zero attached hydrogens (tertiary/aromatic N) is 2. The maximum atomic E-state index is 11.4. The first kappa shape index (κ1) is 17.2. The van der Waals surface area contributed by atoms with Crippen LogP contribution < -0.4 is 10.6 Å². The van der Waals surface area contributed by atoms with Gasteiger partial charge in [-0.25, -0.2) is 0 Å². The molecule has 0 aliphatic heterocycles. The minimum atomic E-state index is -0.330. The van der Waals surface area contributed by atoms with Gasteiger partial charge in [-0.1, -0.05) is 13.0 Å². The van der Waals surface area contributed by atoms with Crippen molar-refractivity contribution in [2.75, 3.05) is 37.8 Å². The average molecular weight is 294 g/mol. The summed E-state index contributed by atoms with van der Waals surface area (Å²) in [5, 5.41) is 17.7. The fourth-order valence-electron chi connectivity index (χ4n) is 1.75. The van der Waals surface area contributed by atoms with Crippen LogP contribution in [-0.4, -0.2) is 42.5 Å². The summed E-state index contributed by atoms with van der Waals surface area (Å²) in [6.45, 7) is 7.54. The fourth-order valence-corrected chi connectivity index (χ4v) is 1.75. The minimum Gasteiger partial charge on any atom is -0.379 e. The molecule has 1 aromatic carbocycles. The van der Waals surface area contributed by atoms with Crippen molar-refractivity contribution in [1.29, 1.82) is 0 Å². The van der Waals surface area contributed by atoms with Crippen molar-refractivity contribution in [2.24, 2.45) is 0 Å². The average Bonchev–Trinajstić information content (AvgIpc) is 2.42. The lowest BCUT2D eigenvalue weighted by Gasteiger charge is -2.33. The maximum Gasteiger partial charge on any atom is 0.315 e. The highest BCUT2D eigenvalue weighted by Gasteiger charge is 2.24. The second-order valence-corrected chi connectivity index (χ2v) is 5.95. The molecule has 0 aliphatic carbocycles. The molecule has 0 saturated heterocycles. The third-order valence-electron chi connectivity index (χ3n) is 3.71. The van der Waals surface area contributed by atoms with E-state index in [1.165, 1.54) is 0 Å². The molecule has 0 bridgehead atoms. The van der Waals surface area contributed by atoms with Crippen LogP contribution in [0.4, 0.5) is 17.1 Å². The number of nitrogens with one attached hydrogen (secondary N) is 2. The predicted molar refractivity (Wildman–Crippen MR) is 88.1 cm³/mol. The number of anilines is 2. The number of likely N-dealkylation sites (N-methyl/N-ethyl adjacent to an activating group) is 1. The molecule has 0 atom stereocenters. The van der Waals surface area contributed by atoms with Gasteiger partial charge in [0, 0.05) is 18.6 Å². The van der Waals surface area contributed by atoms with Gasteiger partial charge in [0.15, 0.2) is 0 Å². The van der Waals surface area contributed by atoms with Crippen LogP contribution in [-0.2, 0) is 0 Å². The molecule has 0 unspecified atom stereocenters. The fraction of sp³-hybridized carbons (Fsp3) is 0.600. The highest BCUT2D eigenvalue weighted by atomic mass is 16.6. The summed E-state index contributed by atoms with van der Waals surface area (Å²) in [5.41, 5.74) is 1.13. The van der Waals surface area contributed by atoms with E-state index < -0.39 is 0 Å². The lowest BCUT2D eigenvalue weighted by Crippen LogP contribution is -2.44. The van der Waals surface area contributed by atoms with E-state index >= 15 is 0 Å². The topological polar surface area (TPSA) is 70.4 Å². The normalized spacial score (nSPS) is 11.5. The van der Waals surface area contributed by atoms with Crippen LogP contribution in [0, 0.1) is 10.1 Å². The first-order valence-electron chi connectivity index (χ1n) is 7.22. The van der Waals surface area contributed by atoms with Gasteiger partial charge in [0.2, 0.25) is 0 Å². The smallest absolute Gasteiger partial charge is 0.315 e. The van der Waals surface area contributed by atoms with Gasteiger partial charge in [-0.3, -0.25) is 10.1 Å². The van der Waals surface area contributed by atoms with E-state index in [0.29, 0.717) is 24.5 Å². The molecule has 0 amide bonds. The van der Waals surface area contributed by atoms with Gasteiger partial charge in [0.1, 0.15) is 11.4 Å². The molecular weight excluding hydrogens is 268 g/mol. The Morgan fingerprint density at radius 3 is 2.29 bits per heavy atom. The Morgan fingerprint density at radius 1 is 1.24 bits per heavy atom. The summed E-state index contributed by atoms with van der Waals surface area (Å²) >= 11 is 0. The molecule has 118 valence electrons. The van der Waals surface area contributed by atoms with Gasteiger partial charge < -0.3 is 15.5 Å². The molecular formula is C15H26N4O2. The van der Waals surface area contributed by atoms with Crippen LogP contribution in [0.15, 0.2) is 18.2 Å². The zero-order valence-corrected chi connectivity index (χ0v) is 13.6. The zero-order chi connectivity index (χ0) is 16.0. The molecule has 1 aromatic rings. The van der Waals surface area contributed by atoms with Crippen LogP contribution in [0.1, 0.15) is 27.2 Å². The number of nitro groups is 1. The molecule has 0 heterocycles. The van der Waals surface area contributed by atoms with Crippen molar-refractivity contribution in [2.45, 2.75) is 32.7 Å². The standard InChI is InChI=1S/C15H26N4O2/c1-6-10-16-12-8-7-9-13(14(12)19(20)21)17-11-15(2,3)18(4)5/h7-9,16-17H,6,10-11H2,1-5H3. The number of hydrogen-bond acceptors (Lipinski definition) is 5. The van der Waals surface area contributed by atoms with Gasteiger partial charge in [0.05, 0.1) is 4.92 Å². The third-order valence-corrected chi connectivity index (χ3v) is 3.71. The highest BCUT2D eigenvalue weighted by Crippen LogP contribution is 2.33. The first-order chi connectivity index (χ1) is 9.79. The Balaban J connectivity index is 2.98. The van der Waals surface area contributed by atoms with Gasteiger partial charge >= 0.3 is 5.69 Å². The van der Waals surface area contributed by atoms with E-state index in [9.17, 15) is 10.1 Å². The van der Waals surface area contributed by atoms with E-state index in [1.807, 2.05) is 27.1 Å². The van der Waals surface area contributed by atoms with E-state index in [1.54, 1.807) is 12.1 Å². The second-order valence-electron chi connectivity index (χ2n) is 5.95. The number of hydrogen-bond donors (Lipinski definition) is 2. The summed E-state index contributed by atoms with van der Waals surface area (Å²) in [5.74, 6) is 0. The number of nitro benzene ring substituents is 1. The van der Waals surface area contributed by atoms with Crippen LogP contribution in [0.3, 0.4) is 0 Å². The van der Waals surface area contributed by atoms with Crippen LogP contribution in [0.5, 0.6) is 0 Å². The Morgan fingerprint density at radius 2 is 1.81 bits per heavy atom. The summed E-state index contributed by atoms with van der Waals surface area (Å²) in [6, 6.07) is 5.33. The first-order valence-corrected chi connectivity index (χ1v) is 7.22. The molecule has 0 radical (unpaired) electrons. The van der Waals surface area contributed by atoms with Gasteiger partial charge in [0.25, 0.3) is 0 Å². The van der Waals surface area contributed by atoms with Crippen molar-refractivity contribution in [1.82, 2.24) is 4.90 Å². The molecule has 21 heavy (non-hydrogen) atoms. The highest BCUT2D eigenvalue weighted by molar-refractivity contribution is 5.76. The van der Waals surface area contributed by atoms with E-state index in [4.69, 9.17) is 0 Å². The Kier molecular flexibility index (Phi) is 5.96. The molecule has 6 nitrogen and oxygen atoms in total. The largest absolute Gasteiger partial charge is 0.379 e. The van der Waals surface area contributed by atoms with Gasteiger partial charge in [-0.15, -0.1) is 0 Å². The molecule has 1 rings (SSSR count). The lowest BCUT2D eigenvalue weighted by atomic mass is 10.0. The van der Waals surface area contributed by atoms with Crippen molar-refractivity contribution >= 4 is 17.1 Å². The predicted octanol–water partition coefficient (Wildman–Crippen LogP) is 3.17. The quantitative estimate of drug-likeness (QED) is 0.569. The number of rotatable bonds is 8. The summed E-state index contributed by atoms with van der Waals surface area (Å²) in [6.07, 6.45) is 0.919. The molecule has 2 N–H and O–H groups in total. The monoisotopic (exact) mass is 294 g/mol. The van der Waals surface area contributed by atoms with Crippen molar-refractivity contribution in [3.63, 3.8) is 0 Å². The van der Waals surface area contributed by atoms with E-state index in [2.05, 4.69) is 29.4 Å². The summed E-state index contributed by atoms with van der Waals surface area (Å²) in [7, 11) is 3.99. The Labute approximate surface area is 126 Å². The van der Waals surface area contributed by atoms with Crippen molar-refractivity contribution in [3.05, 3.63) is 28.3 Å². The molecule has 0 spiro atoms. The van der Waals surface area contributed by atoms with Gasteiger partial charge in [-0.05, 0) is 46.5 Å². The number of benzene rings is 1. The van der Waals surface area contributed by atoms with Gasteiger partial charge in [-0.2, -0.15) is 0 Å². The Bertz CT molecular complexity index is 487. The van der Waals surface area contributed by atoms with Crippen LogP contribution in [0.2, 0.25) is 0 Å². The lowest BCUT2D eigenvalue weighted by molar-refractivity contribution is -0.383. The van der Waals surface area contributed by atoms with Crippen LogP contribution in [0.25, 0.3) is 0 Å². The third kappa shape index (κ3) is 4.60. The van der Waals surface area contributed by atoms with Crippen molar-refractivity contribution in [3.8, 4) is 0 Å². The number of para-hydroxylation sites is 1.